The van der Waals surface area contributed by atoms with Crippen LogP contribution >= 0.6 is 0 Å². The van der Waals surface area contributed by atoms with Gasteiger partial charge in [0.05, 0.1) is 0 Å². The molecule has 80 heavy (non-hydrogen) atoms. The number of ether oxygens (including phenoxy) is 3. The van der Waals surface area contributed by atoms with E-state index in [1.807, 2.05) is 6.08 Å². The third-order valence-corrected chi connectivity index (χ3v) is 13.6. The lowest BCUT2D eigenvalue weighted by Gasteiger charge is -2.18. The molecule has 6 nitrogen and oxygen atoms in total. The molecule has 0 fully saturated rings. The number of rotatable bonds is 58. The first kappa shape index (κ1) is 75.3. The van der Waals surface area contributed by atoms with Gasteiger partial charge in [0.25, 0.3) is 0 Å². The highest BCUT2D eigenvalue weighted by Crippen LogP contribution is 2.16. The van der Waals surface area contributed by atoms with E-state index in [0.717, 1.165) is 122 Å². The molecule has 0 heterocycles. The number of unbranched alkanes of at least 4 members (excludes halogenated alkanes) is 23. The van der Waals surface area contributed by atoms with Crippen LogP contribution in [0.5, 0.6) is 0 Å². The molecule has 0 aliphatic carbocycles. The Kier molecular flexibility index (Phi) is 62.9. The molecule has 0 bridgehead atoms. The first-order valence-electron chi connectivity index (χ1n) is 32.8. The monoisotopic (exact) mass is 1100 g/mol. The standard InChI is InChI=1S/C74H120O6/c1-4-7-10-13-16-19-22-25-27-29-30-31-32-33-34-35-36-37-38-39-40-41-42-43-44-45-47-49-52-55-58-61-64-67-73(76)79-70-71(69-78-72(75)66-63-60-57-54-51-48-24-21-18-15-12-9-6-3)80-74(77)68-65-62-59-56-53-50-46-28-26-23-20-17-14-11-8-5-2/h7,9-10,12,16,18-19,21,25,27,30-31,33-34,36-37,39-40,42-43,48,51,57,60,71H,4-6,8,11,13-15,17,20,22-24,26,28-29,32,35,38,41,44-47,49-50,52-56,58-59,61-70H2,1-3H3/b10-7-,12-9-,19-16-,21-18-,27-25-,31-30-,34-33-,37-36-,40-39-,43-42-,51-48-,60-57-. The fraction of sp³-hybridized carbons (Fsp3) is 0.635. The van der Waals surface area contributed by atoms with Crippen LogP contribution in [0.2, 0.25) is 0 Å². The fourth-order valence-corrected chi connectivity index (χ4v) is 8.77. The van der Waals surface area contributed by atoms with Crippen LogP contribution in [0.25, 0.3) is 0 Å². The summed E-state index contributed by atoms with van der Waals surface area (Å²) in [5.41, 5.74) is 0. The lowest BCUT2D eigenvalue weighted by molar-refractivity contribution is -0.166. The summed E-state index contributed by atoms with van der Waals surface area (Å²) in [6.45, 7) is 6.35. The van der Waals surface area contributed by atoms with Crippen LogP contribution in [0.4, 0.5) is 0 Å². The average Bonchev–Trinajstić information content (AvgIpc) is 3.46. The summed E-state index contributed by atoms with van der Waals surface area (Å²) in [4.78, 5) is 38.2. The van der Waals surface area contributed by atoms with E-state index in [1.54, 1.807) is 0 Å². The second-order valence-electron chi connectivity index (χ2n) is 21.3. The SMILES string of the molecule is CC/C=C\C/C=C\C/C=C\C/C=C\C/C=C\C/C=C\C/C=C\C/C=C\CCCCCCCCCCC(=O)OCC(COC(=O)CC/C=C\C/C=C\C/C=C\C/C=C\CC)OC(=O)CCCCCCCCCCCCCCCCCC. The molecule has 0 rings (SSSR count). The van der Waals surface area contributed by atoms with E-state index >= 15 is 0 Å². The summed E-state index contributed by atoms with van der Waals surface area (Å²) in [7, 11) is 0. The van der Waals surface area contributed by atoms with Gasteiger partial charge in [0.1, 0.15) is 13.2 Å². The van der Waals surface area contributed by atoms with Crippen LogP contribution in [0, 0.1) is 0 Å². The highest BCUT2D eigenvalue weighted by atomic mass is 16.6. The molecule has 0 aromatic carbocycles. The summed E-state index contributed by atoms with van der Waals surface area (Å²) in [5, 5.41) is 0. The van der Waals surface area contributed by atoms with Gasteiger partial charge in [-0.2, -0.15) is 0 Å². The van der Waals surface area contributed by atoms with E-state index in [9.17, 15) is 14.4 Å². The number of hydrogen-bond acceptors (Lipinski definition) is 6. The van der Waals surface area contributed by atoms with Crippen molar-refractivity contribution in [2.24, 2.45) is 0 Å². The minimum Gasteiger partial charge on any atom is -0.462 e. The van der Waals surface area contributed by atoms with Crippen LogP contribution < -0.4 is 0 Å². The van der Waals surface area contributed by atoms with E-state index in [2.05, 4.69) is 161 Å². The second kappa shape index (κ2) is 66.8. The van der Waals surface area contributed by atoms with Crippen molar-refractivity contribution in [2.75, 3.05) is 13.2 Å². The maximum atomic E-state index is 12.9. The fourth-order valence-electron chi connectivity index (χ4n) is 8.77. The minimum absolute atomic E-state index is 0.107. The largest absolute Gasteiger partial charge is 0.462 e. The van der Waals surface area contributed by atoms with E-state index in [0.29, 0.717) is 19.3 Å². The Morgan fingerprint density at radius 1 is 0.263 bits per heavy atom. The highest BCUT2D eigenvalue weighted by molar-refractivity contribution is 5.71. The molecule has 0 spiro atoms. The lowest BCUT2D eigenvalue weighted by atomic mass is 10.0. The Balaban J connectivity index is 4.31. The zero-order valence-electron chi connectivity index (χ0n) is 51.8. The van der Waals surface area contributed by atoms with Crippen molar-refractivity contribution in [3.05, 3.63) is 146 Å². The average molecular weight is 1110 g/mol. The van der Waals surface area contributed by atoms with Crippen LogP contribution in [0.1, 0.15) is 284 Å². The van der Waals surface area contributed by atoms with Crippen LogP contribution in [-0.4, -0.2) is 37.2 Å². The number of hydrogen-bond donors (Lipinski definition) is 0. The lowest BCUT2D eigenvalue weighted by Crippen LogP contribution is -2.30. The zero-order chi connectivity index (χ0) is 57.8. The van der Waals surface area contributed by atoms with Crippen molar-refractivity contribution in [3.8, 4) is 0 Å². The molecule has 0 aromatic heterocycles. The second-order valence-corrected chi connectivity index (χ2v) is 21.3. The van der Waals surface area contributed by atoms with Gasteiger partial charge in [-0.25, -0.2) is 0 Å². The third-order valence-electron chi connectivity index (χ3n) is 13.6. The molecular formula is C74H120O6. The molecule has 0 saturated carbocycles. The Morgan fingerprint density at radius 3 is 0.838 bits per heavy atom. The zero-order valence-corrected chi connectivity index (χ0v) is 51.8. The number of carbonyl (C=O) groups is 3. The molecule has 0 aliphatic heterocycles. The summed E-state index contributed by atoms with van der Waals surface area (Å²) in [6.07, 6.45) is 95.9. The van der Waals surface area contributed by atoms with Crippen molar-refractivity contribution in [1.29, 1.82) is 0 Å². The van der Waals surface area contributed by atoms with E-state index in [1.165, 1.54) is 116 Å². The Morgan fingerprint density at radius 2 is 0.512 bits per heavy atom. The van der Waals surface area contributed by atoms with Gasteiger partial charge in [-0.05, 0) is 109 Å². The molecule has 0 amide bonds. The molecule has 6 heteroatoms. The van der Waals surface area contributed by atoms with E-state index in [4.69, 9.17) is 14.2 Å². The summed E-state index contributed by atoms with van der Waals surface area (Å²) in [5.74, 6) is -0.995. The number of allylic oxidation sites excluding steroid dienone is 24. The van der Waals surface area contributed by atoms with Gasteiger partial charge in [-0.3, -0.25) is 14.4 Å². The highest BCUT2D eigenvalue weighted by Gasteiger charge is 2.19. The van der Waals surface area contributed by atoms with Gasteiger partial charge in [0, 0.05) is 19.3 Å². The Hall–Kier alpha value is -4.71. The quantitative estimate of drug-likeness (QED) is 0.0261. The van der Waals surface area contributed by atoms with Crippen molar-refractivity contribution in [2.45, 2.75) is 290 Å². The van der Waals surface area contributed by atoms with Crippen molar-refractivity contribution < 1.29 is 28.6 Å². The van der Waals surface area contributed by atoms with Gasteiger partial charge in [-0.15, -0.1) is 0 Å². The predicted molar refractivity (Wildman–Crippen MR) is 348 cm³/mol. The van der Waals surface area contributed by atoms with Crippen molar-refractivity contribution in [1.82, 2.24) is 0 Å². The number of carbonyl (C=O) groups excluding carboxylic acids is 3. The van der Waals surface area contributed by atoms with Gasteiger partial charge in [0.15, 0.2) is 6.10 Å². The van der Waals surface area contributed by atoms with Crippen LogP contribution in [0.15, 0.2) is 146 Å². The molecule has 452 valence electrons. The molecule has 0 aliphatic rings. The first-order chi connectivity index (χ1) is 39.5. The maximum absolute atomic E-state index is 12.9. The topological polar surface area (TPSA) is 78.9 Å². The smallest absolute Gasteiger partial charge is 0.306 e. The summed E-state index contributed by atoms with van der Waals surface area (Å²) < 4.78 is 16.8. The van der Waals surface area contributed by atoms with Crippen LogP contribution in [-0.2, 0) is 28.6 Å². The first-order valence-corrected chi connectivity index (χ1v) is 32.8. The summed E-state index contributed by atoms with van der Waals surface area (Å²) in [6, 6.07) is 0. The molecule has 1 unspecified atom stereocenters. The normalized spacial score (nSPS) is 13.1. The van der Waals surface area contributed by atoms with Gasteiger partial charge in [-0.1, -0.05) is 301 Å². The molecule has 0 radical (unpaired) electrons. The van der Waals surface area contributed by atoms with E-state index in [-0.39, 0.29) is 37.5 Å². The third kappa shape index (κ3) is 64.1. The van der Waals surface area contributed by atoms with Crippen molar-refractivity contribution in [3.63, 3.8) is 0 Å². The molecule has 0 N–H and O–H groups in total. The molecular weight excluding hydrogens is 985 g/mol. The van der Waals surface area contributed by atoms with Crippen molar-refractivity contribution >= 4 is 17.9 Å². The van der Waals surface area contributed by atoms with Gasteiger partial charge < -0.3 is 14.2 Å². The summed E-state index contributed by atoms with van der Waals surface area (Å²) >= 11 is 0. The predicted octanol–water partition coefficient (Wildman–Crippen LogP) is 22.7. The minimum atomic E-state index is -0.814. The van der Waals surface area contributed by atoms with Crippen LogP contribution in [0.3, 0.4) is 0 Å². The van der Waals surface area contributed by atoms with E-state index < -0.39 is 6.10 Å². The molecule has 0 saturated heterocycles. The maximum Gasteiger partial charge on any atom is 0.306 e. The molecule has 1 atom stereocenters. The van der Waals surface area contributed by atoms with Gasteiger partial charge in [0.2, 0.25) is 0 Å². The molecule has 0 aromatic rings. The number of esters is 3. The Labute approximate surface area is 493 Å². The Bertz CT molecular complexity index is 1750. The van der Waals surface area contributed by atoms with Gasteiger partial charge >= 0.3 is 17.9 Å².